The van der Waals surface area contributed by atoms with Crippen molar-refractivity contribution in [3.63, 3.8) is 0 Å². The van der Waals surface area contributed by atoms with E-state index in [1.165, 1.54) is 4.57 Å². The minimum Gasteiger partial charge on any atom is -0.326 e. The molecule has 0 amide bonds. The van der Waals surface area contributed by atoms with E-state index in [2.05, 4.69) is 0 Å². The molecular formula is C12H10Cl2N2O. The SMILES string of the molecule is NCc1ccn(C(=O)c2ccc(Cl)c(Cl)c2)c1. The summed E-state index contributed by atoms with van der Waals surface area (Å²) in [5.41, 5.74) is 6.87. The summed E-state index contributed by atoms with van der Waals surface area (Å²) < 4.78 is 1.47. The summed E-state index contributed by atoms with van der Waals surface area (Å²) in [7, 11) is 0. The lowest BCUT2D eigenvalue weighted by Crippen LogP contribution is -2.09. The lowest BCUT2D eigenvalue weighted by Gasteiger charge is -2.03. The van der Waals surface area contributed by atoms with E-state index in [1.54, 1.807) is 36.7 Å². The number of hydrogen-bond acceptors (Lipinski definition) is 2. The standard InChI is InChI=1S/C12H10Cl2N2O/c13-10-2-1-9(5-11(10)14)12(17)16-4-3-8(6-15)7-16/h1-5,7H,6,15H2. The van der Waals surface area contributed by atoms with Crippen molar-refractivity contribution in [2.75, 3.05) is 0 Å². The van der Waals surface area contributed by atoms with Crippen LogP contribution in [0.15, 0.2) is 36.7 Å². The van der Waals surface area contributed by atoms with Crippen LogP contribution in [-0.2, 0) is 6.54 Å². The van der Waals surface area contributed by atoms with Crippen molar-refractivity contribution in [1.82, 2.24) is 4.57 Å². The average molecular weight is 269 g/mol. The number of hydrogen-bond donors (Lipinski definition) is 1. The van der Waals surface area contributed by atoms with Crippen molar-refractivity contribution in [3.05, 3.63) is 57.8 Å². The van der Waals surface area contributed by atoms with Crippen LogP contribution in [0.25, 0.3) is 0 Å². The fourth-order valence-corrected chi connectivity index (χ4v) is 1.76. The summed E-state index contributed by atoms with van der Waals surface area (Å²) in [6.07, 6.45) is 3.37. The Balaban J connectivity index is 2.33. The molecule has 2 rings (SSSR count). The Kier molecular flexibility index (Phi) is 3.52. The van der Waals surface area contributed by atoms with Crippen LogP contribution in [0.2, 0.25) is 10.0 Å². The molecule has 5 heteroatoms. The van der Waals surface area contributed by atoms with Crippen molar-refractivity contribution in [3.8, 4) is 0 Å². The van der Waals surface area contributed by atoms with Gasteiger partial charge in [-0.25, -0.2) is 0 Å². The first-order chi connectivity index (χ1) is 8.11. The van der Waals surface area contributed by atoms with Crippen LogP contribution in [0, 0.1) is 0 Å². The first-order valence-electron chi connectivity index (χ1n) is 4.98. The van der Waals surface area contributed by atoms with Crippen LogP contribution in [0.4, 0.5) is 0 Å². The van der Waals surface area contributed by atoms with Crippen molar-refractivity contribution < 1.29 is 4.79 Å². The summed E-state index contributed by atoms with van der Waals surface area (Å²) >= 11 is 11.7. The second-order valence-electron chi connectivity index (χ2n) is 3.57. The van der Waals surface area contributed by atoms with Gasteiger partial charge in [0.2, 0.25) is 0 Å². The van der Waals surface area contributed by atoms with Crippen molar-refractivity contribution in [2.24, 2.45) is 5.73 Å². The number of carbonyl (C=O) groups excluding carboxylic acids is 1. The third-order valence-corrected chi connectivity index (χ3v) is 3.13. The first-order valence-corrected chi connectivity index (χ1v) is 5.74. The van der Waals surface area contributed by atoms with Crippen LogP contribution in [0.5, 0.6) is 0 Å². The van der Waals surface area contributed by atoms with Crippen LogP contribution < -0.4 is 5.73 Å². The van der Waals surface area contributed by atoms with E-state index in [-0.39, 0.29) is 5.91 Å². The Morgan fingerprint density at radius 2 is 2.00 bits per heavy atom. The maximum atomic E-state index is 12.1. The molecule has 0 saturated carbocycles. The molecule has 17 heavy (non-hydrogen) atoms. The van der Waals surface area contributed by atoms with E-state index in [9.17, 15) is 4.79 Å². The van der Waals surface area contributed by atoms with Gasteiger partial charge < -0.3 is 5.73 Å². The van der Waals surface area contributed by atoms with Gasteiger partial charge in [-0.1, -0.05) is 23.2 Å². The molecule has 0 aliphatic rings. The van der Waals surface area contributed by atoms with E-state index in [1.807, 2.05) is 0 Å². The smallest absolute Gasteiger partial charge is 0.261 e. The molecule has 0 bridgehead atoms. The normalized spacial score (nSPS) is 10.5. The third-order valence-electron chi connectivity index (χ3n) is 2.39. The predicted molar refractivity (Wildman–Crippen MR) is 68.5 cm³/mol. The van der Waals surface area contributed by atoms with Gasteiger partial charge in [0.25, 0.3) is 5.91 Å². The van der Waals surface area contributed by atoms with E-state index in [0.717, 1.165) is 5.56 Å². The zero-order valence-electron chi connectivity index (χ0n) is 8.86. The van der Waals surface area contributed by atoms with Crippen molar-refractivity contribution in [1.29, 1.82) is 0 Å². The summed E-state index contributed by atoms with van der Waals surface area (Å²) in [4.78, 5) is 12.1. The predicted octanol–water partition coefficient (Wildman–Crippen LogP) is 2.94. The number of carbonyl (C=O) groups is 1. The highest BCUT2D eigenvalue weighted by Crippen LogP contribution is 2.23. The minimum absolute atomic E-state index is 0.164. The molecule has 88 valence electrons. The molecule has 0 aliphatic carbocycles. The van der Waals surface area contributed by atoms with Crippen LogP contribution in [-0.4, -0.2) is 10.5 Å². The number of nitrogens with zero attached hydrogens (tertiary/aromatic N) is 1. The molecule has 0 saturated heterocycles. The van der Waals surface area contributed by atoms with E-state index >= 15 is 0 Å². The van der Waals surface area contributed by atoms with E-state index in [0.29, 0.717) is 22.2 Å². The second kappa shape index (κ2) is 4.92. The second-order valence-corrected chi connectivity index (χ2v) is 4.38. The molecule has 1 aromatic carbocycles. The Labute approximate surface area is 109 Å². The van der Waals surface area contributed by atoms with E-state index < -0.39 is 0 Å². The largest absolute Gasteiger partial charge is 0.326 e. The lowest BCUT2D eigenvalue weighted by atomic mass is 10.2. The summed E-state index contributed by atoms with van der Waals surface area (Å²) in [5, 5.41) is 0.794. The minimum atomic E-state index is -0.164. The quantitative estimate of drug-likeness (QED) is 0.911. The molecule has 0 fully saturated rings. The third kappa shape index (κ3) is 2.52. The number of nitrogens with two attached hydrogens (primary N) is 1. The molecule has 2 aromatic rings. The maximum Gasteiger partial charge on any atom is 0.261 e. The van der Waals surface area contributed by atoms with Gasteiger partial charge in [-0.3, -0.25) is 9.36 Å². The van der Waals surface area contributed by atoms with Crippen LogP contribution in [0.1, 0.15) is 15.9 Å². The zero-order chi connectivity index (χ0) is 12.4. The topological polar surface area (TPSA) is 48.0 Å². The fraction of sp³-hybridized carbons (Fsp3) is 0.0833. The highest BCUT2D eigenvalue weighted by molar-refractivity contribution is 6.42. The summed E-state index contributed by atoms with van der Waals surface area (Å²) in [6.45, 7) is 0.404. The van der Waals surface area contributed by atoms with E-state index in [4.69, 9.17) is 28.9 Å². The molecular weight excluding hydrogens is 259 g/mol. The molecule has 0 radical (unpaired) electrons. The van der Waals surface area contributed by atoms with Crippen LogP contribution >= 0.6 is 23.2 Å². The summed E-state index contributed by atoms with van der Waals surface area (Å²) in [5.74, 6) is -0.164. The van der Waals surface area contributed by atoms with Gasteiger partial charge in [0.15, 0.2) is 0 Å². The van der Waals surface area contributed by atoms with Crippen molar-refractivity contribution >= 4 is 29.1 Å². The summed E-state index contributed by atoms with van der Waals surface area (Å²) in [6, 6.07) is 6.59. The first kappa shape index (κ1) is 12.2. The monoisotopic (exact) mass is 268 g/mol. The molecule has 0 aliphatic heterocycles. The van der Waals surface area contributed by atoms with Crippen molar-refractivity contribution in [2.45, 2.75) is 6.54 Å². The molecule has 1 aromatic heterocycles. The number of benzene rings is 1. The molecule has 0 spiro atoms. The Bertz CT molecular complexity index is 563. The molecule has 0 unspecified atom stereocenters. The number of aromatic nitrogens is 1. The highest BCUT2D eigenvalue weighted by atomic mass is 35.5. The van der Waals surface area contributed by atoms with Gasteiger partial charge in [0.05, 0.1) is 10.0 Å². The highest BCUT2D eigenvalue weighted by Gasteiger charge is 2.10. The van der Waals surface area contributed by atoms with Gasteiger partial charge in [-0.15, -0.1) is 0 Å². The zero-order valence-corrected chi connectivity index (χ0v) is 10.4. The number of rotatable bonds is 2. The Morgan fingerprint density at radius 3 is 2.59 bits per heavy atom. The van der Waals surface area contributed by atoms with Gasteiger partial charge in [-0.05, 0) is 29.8 Å². The molecule has 3 nitrogen and oxygen atoms in total. The Morgan fingerprint density at radius 1 is 1.24 bits per heavy atom. The van der Waals surface area contributed by atoms with Crippen LogP contribution in [0.3, 0.4) is 0 Å². The van der Waals surface area contributed by atoms with Gasteiger partial charge >= 0.3 is 0 Å². The molecule has 2 N–H and O–H groups in total. The average Bonchev–Trinajstić information content (AvgIpc) is 2.80. The maximum absolute atomic E-state index is 12.1. The van der Waals surface area contributed by atoms with Gasteiger partial charge in [0, 0.05) is 24.5 Å². The molecule has 1 heterocycles. The Hall–Kier alpha value is -1.29. The number of halogens is 2. The lowest BCUT2D eigenvalue weighted by molar-refractivity contribution is 0.0960. The molecule has 0 atom stereocenters. The fourth-order valence-electron chi connectivity index (χ4n) is 1.47. The van der Waals surface area contributed by atoms with Gasteiger partial charge in [0.1, 0.15) is 0 Å². The van der Waals surface area contributed by atoms with Gasteiger partial charge in [-0.2, -0.15) is 0 Å².